The van der Waals surface area contributed by atoms with Crippen LogP contribution in [0.15, 0.2) is 0 Å². The van der Waals surface area contributed by atoms with Crippen molar-refractivity contribution in [3.63, 3.8) is 0 Å². The van der Waals surface area contributed by atoms with E-state index in [4.69, 9.17) is 0 Å². The van der Waals surface area contributed by atoms with E-state index < -0.39 is 12.7 Å². The van der Waals surface area contributed by atoms with Gasteiger partial charge in [-0.1, -0.05) is 26.2 Å². The predicted octanol–water partition coefficient (Wildman–Crippen LogP) is 3.43. The number of alkyl halides is 3. The molecule has 2 nitrogen and oxygen atoms in total. The maximum atomic E-state index is 12.6. The van der Waals surface area contributed by atoms with Gasteiger partial charge in [-0.25, -0.2) is 0 Å². The van der Waals surface area contributed by atoms with E-state index in [9.17, 15) is 13.2 Å². The van der Waals surface area contributed by atoms with Gasteiger partial charge in [-0.05, 0) is 38.8 Å². The highest BCUT2D eigenvalue weighted by molar-refractivity contribution is 4.81. The zero-order chi connectivity index (χ0) is 14.3. The lowest BCUT2D eigenvalue weighted by Gasteiger charge is -2.31. The Labute approximate surface area is 114 Å². The molecule has 0 amide bonds. The lowest BCUT2D eigenvalue weighted by Crippen LogP contribution is -2.43. The van der Waals surface area contributed by atoms with Crippen LogP contribution < -0.4 is 5.32 Å². The Balaban J connectivity index is 2.58. The highest BCUT2D eigenvalue weighted by atomic mass is 19.4. The van der Waals surface area contributed by atoms with E-state index in [2.05, 4.69) is 5.32 Å². The van der Waals surface area contributed by atoms with Crippen LogP contribution in [0.2, 0.25) is 0 Å². The molecule has 1 rings (SSSR count). The standard InChI is InChI=1S/C14H27F3N2/c1-3-9-19(11-14(15,16)17)10-12-7-5-4-6-8-13(12)18-2/h12-13,18H,3-11H2,1-2H3. The van der Waals surface area contributed by atoms with E-state index in [1.165, 1.54) is 12.8 Å². The van der Waals surface area contributed by atoms with Gasteiger partial charge in [-0.15, -0.1) is 0 Å². The summed E-state index contributed by atoms with van der Waals surface area (Å²) in [6.07, 6.45) is 2.37. The van der Waals surface area contributed by atoms with Crippen LogP contribution in [0.4, 0.5) is 13.2 Å². The van der Waals surface area contributed by atoms with Crippen molar-refractivity contribution >= 4 is 0 Å². The monoisotopic (exact) mass is 280 g/mol. The topological polar surface area (TPSA) is 15.3 Å². The van der Waals surface area contributed by atoms with Crippen LogP contribution in [0.1, 0.15) is 45.4 Å². The molecule has 1 fully saturated rings. The number of nitrogens with zero attached hydrogens (tertiary/aromatic N) is 1. The zero-order valence-corrected chi connectivity index (χ0v) is 12.1. The Morgan fingerprint density at radius 1 is 1.16 bits per heavy atom. The van der Waals surface area contributed by atoms with Gasteiger partial charge in [0.15, 0.2) is 0 Å². The number of nitrogens with one attached hydrogen (secondary N) is 1. The molecule has 0 aromatic carbocycles. The average Bonchev–Trinajstić information content (AvgIpc) is 2.52. The molecule has 1 aliphatic carbocycles. The van der Waals surface area contributed by atoms with Crippen LogP contribution in [0.5, 0.6) is 0 Å². The van der Waals surface area contributed by atoms with Crippen LogP contribution in [0, 0.1) is 5.92 Å². The van der Waals surface area contributed by atoms with E-state index in [0.29, 0.717) is 25.0 Å². The quantitative estimate of drug-likeness (QED) is 0.750. The highest BCUT2D eigenvalue weighted by Gasteiger charge is 2.32. The van der Waals surface area contributed by atoms with Gasteiger partial charge < -0.3 is 5.32 Å². The summed E-state index contributed by atoms with van der Waals surface area (Å²) in [5.74, 6) is 0.349. The number of hydrogen-bond acceptors (Lipinski definition) is 2. The first-order valence-electron chi connectivity index (χ1n) is 7.42. The first-order valence-corrected chi connectivity index (χ1v) is 7.42. The third-order valence-electron chi connectivity index (χ3n) is 3.97. The van der Waals surface area contributed by atoms with Crippen molar-refractivity contribution in [2.24, 2.45) is 5.92 Å². The van der Waals surface area contributed by atoms with E-state index in [0.717, 1.165) is 25.7 Å². The van der Waals surface area contributed by atoms with Gasteiger partial charge in [-0.2, -0.15) is 13.2 Å². The molecule has 2 atom stereocenters. The van der Waals surface area contributed by atoms with Gasteiger partial charge in [0.2, 0.25) is 0 Å². The van der Waals surface area contributed by atoms with Crippen molar-refractivity contribution in [2.75, 3.05) is 26.7 Å². The lowest BCUT2D eigenvalue weighted by molar-refractivity contribution is -0.147. The molecule has 0 aromatic heterocycles. The molecule has 5 heteroatoms. The van der Waals surface area contributed by atoms with Crippen LogP contribution >= 0.6 is 0 Å². The summed E-state index contributed by atoms with van der Waals surface area (Å²) in [6.45, 7) is 2.27. The molecule has 1 N–H and O–H groups in total. The number of rotatable bonds is 6. The Morgan fingerprint density at radius 2 is 1.84 bits per heavy atom. The second kappa shape index (κ2) is 8.10. The lowest BCUT2D eigenvalue weighted by atomic mass is 9.94. The van der Waals surface area contributed by atoms with Crippen molar-refractivity contribution in [3.05, 3.63) is 0 Å². The van der Waals surface area contributed by atoms with Crippen LogP contribution in [-0.2, 0) is 0 Å². The number of halogens is 3. The van der Waals surface area contributed by atoms with Crippen LogP contribution in [-0.4, -0.2) is 43.8 Å². The van der Waals surface area contributed by atoms with Crippen molar-refractivity contribution in [3.8, 4) is 0 Å². The van der Waals surface area contributed by atoms with Gasteiger partial charge in [0.1, 0.15) is 0 Å². The van der Waals surface area contributed by atoms with E-state index in [-0.39, 0.29) is 0 Å². The van der Waals surface area contributed by atoms with E-state index in [1.54, 1.807) is 4.90 Å². The highest BCUT2D eigenvalue weighted by Crippen LogP contribution is 2.26. The zero-order valence-electron chi connectivity index (χ0n) is 12.1. The molecule has 0 radical (unpaired) electrons. The molecule has 114 valence electrons. The summed E-state index contributed by atoms with van der Waals surface area (Å²) in [5, 5.41) is 3.30. The number of hydrogen-bond donors (Lipinski definition) is 1. The fourth-order valence-corrected chi connectivity index (χ4v) is 3.12. The van der Waals surface area contributed by atoms with Crippen molar-refractivity contribution in [1.82, 2.24) is 10.2 Å². The summed E-state index contributed by atoms with van der Waals surface area (Å²) >= 11 is 0. The molecular formula is C14H27F3N2. The third kappa shape index (κ3) is 6.61. The maximum absolute atomic E-state index is 12.6. The van der Waals surface area contributed by atoms with Crippen molar-refractivity contribution in [1.29, 1.82) is 0 Å². The summed E-state index contributed by atoms with van der Waals surface area (Å²) in [6, 6.07) is 0.370. The second-order valence-electron chi connectivity index (χ2n) is 5.64. The predicted molar refractivity (Wildman–Crippen MR) is 72.2 cm³/mol. The minimum Gasteiger partial charge on any atom is -0.317 e. The minimum absolute atomic E-state index is 0.349. The third-order valence-corrected chi connectivity index (χ3v) is 3.97. The summed E-state index contributed by atoms with van der Waals surface area (Å²) in [4.78, 5) is 1.58. The smallest absolute Gasteiger partial charge is 0.317 e. The fraction of sp³-hybridized carbons (Fsp3) is 1.00. The maximum Gasteiger partial charge on any atom is 0.401 e. The first-order chi connectivity index (χ1) is 8.96. The van der Waals surface area contributed by atoms with Gasteiger partial charge in [0, 0.05) is 12.6 Å². The van der Waals surface area contributed by atoms with E-state index >= 15 is 0 Å². The molecule has 0 aliphatic heterocycles. The fourth-order valence-electron chi connectivity index (χ4n) is 3.12. The normalized spacial score (nSPS) is 25.6. The van der Waals surface area contributed by atoms with Crippen LogP contribution in [0.25, 0.3) is 0 Å². The largest absolute Gasteiger partial charge is 0.401 e. The molecule has 2 unspecified atom stereocenters. The Kier molecular flexibility index (Phi) is 7.15. The van der Waals surface area contributed by atoms with Crippen molar-refractivity contribution < 1.29 is 13.2 Å². The van der Waals surface area contributed by atoms with Crippen molar-refractivity contribution in [2.45, 2.75) is 57.7 Å². The van der Waals surface area contributed by atoms with Gasteiger partial charge in [0.25, 0.3) is 0 Å². The molecule has 0 aromatic rings. The van der Waals surface area contributed by atoms with Crippen LogP contribution in [0.3, 0.4) is 0 Å². The summed E-state index contributed by atoms with van der Waals surface area (Å²) < 4.78 is 37.8. The summed E-state index contributed by atoms with van der Waals surface area (Å²) in [5.41, 5.74) is 0. The molecule has 0 heterocycles. The molecule has 1 saturated carbocycles. The SMILES string of the molecule is CCCN(CC1CCCCCC1NC)CC(F)(F)F. The van der Waals surface area contributed by atoms with E-state index in [1.807, 2.05) is 14.0 Å². The minimum atomic E-state index is -4.09. The Bertz CT molecular complexity index is 243. The molecule has 19 heavy (non-hydrogen) atoms. The Hall–Kier alpha value is -0.290. The first kappa shape index (κ1) is 16.8. The van der Waals surface area contributed by atoms with Gasteiger partial charge in [-0.3, -0.25) is 4.90 Å². The van der Waals surface area contributed by atoms with Gasteiger partial charge >= 0.3 is 6.18 Å². The molecule has 0 bridgehead atoms. The molecule has 0 saturated heterocycles. The Morgan fingerprint density at radius 3 is 2.42 bits per heavy atom. The average molecular weight is 280 g/mol. The second-order valence-corrected chi connectivity index (χ2v) is 5.64. The molecule has 1 aliphatic rings. The molecular weight excluding hydrogens is 253 g/mol. The summed E-state index contributed by atoms with van der Waals surface area (Å²) in [7, 11) is 1.93. The molecule has 0 spiro atoms. The van der Waals surface area contributed by atoms with Gasteiger partial charge in [0.05, 0.1) is 6.54 Å².